The predicted molar refractivity (Wildman–Crippen MR) is 81.4 cm³/mol. The molecule has 4 atom stereocenters. The van der Waals surface area contributed by atoms with Crippen molar-refractivity contribution in [2.24, 2.45) is 0 Å². The Hall–Kier alpha value is -1.18. The summed E-state index contributed by atoms with van der Waals surface area (Å²) in [6.45, 7) is 3.75. The summed E-state index contributed by atoms with van der Waals surface area (Å²) in [7, 11) is 0. The van der Waals surface area contributed by atoms with Crippen LogP contribution in [0.3, 0.4) is 0 Å². The van der Waals surface area contributed by atoms with Crippen LogP contribution in [-0.2, 0) is 23.8 Å². The topological polar surface area (TPSA) is 102 Å². The molecule has 7 heteroatoms. The van der Waals surface area contributed by atoms with Crippen LogP contribution in [0.4, 0.5) is 0 Å². The van der Waals surface area contributed by atoms with E-state index in [4.69, 9.17) is 14.2 Å². The molecule has 0 bridgehead atoms. The van der Waals surface area contributed by atoms with Crippen molar-refractivity contribution in [2.45, 2.75) is 83.4 Å². The zero-order chi connectivity index (χ0) is 17.2. The number of esters is 2. The van der Waals surface area contributed by atoms with Crippen LogP contribution in [0.2, 0.25) is 0 Å². The lowest BCUT2D eigenvalue weighted by Gasteiger charge is -2.36. The van der Waals surface area contributed by atoms with Crippen LogP contribution >= 0.6 is 0 Å². The fourth-order valence-electron chi connectivity index (χ4n) is 2.29. The van der Waals surface area contributed by atoms with Crippen LogP contribution < -0.4 is 0 Å². The number of aliphatic hydroxyl groups excluding tert-OH is 2. The summed E-state index contributed by atoms with van der Waals surface area (Å²) in [4.78, 5) is 23.2. The third kappa shape index (κ3) is 7.28. The van der Waals surface area contributed by atoms with Crippen molar-refractivity contribution in [3.05, 3.63) is 0 Å². The molecule has 0 aromatic carbocycles. The number of hydrogen-bond acceptors (Lipinski definition) is 7. The maximum absolute atomic E-state index is 11.7. The standard InChI is InChI=1S/C16H28O7/c1-3-5-7-13(17)21-10-12-16(20)11(9-15(19)23-12)22-14(18)8-6-4-2/h11-12,15-16,19-20H,3-10H2,1-2H3. The molecule has 1 saturated heterocycles. The van der Waals surface area contributed by atoms with E-state index in [1.807, 2.05) is 13.8 Å². The molecule has 1 rings (SSSR count). The molecule has 1 aliphatic heterocycles. The van der Waals surface area contributed by atoms with Crippen molar-refractivity contribution in [1.82, 2.24) is 0 Å². The number of ether oxygens (including phenoxy) is 3. The molecule has 0 aromatic rings. The van der Waals surface area contributed by atoms with E-state index in [1.165, 1.54) is 0 Å². The minimum Gasteiger partial charge on any atom is -0.463 e. The highest BCUT2D eigenvalue weighted by Crippen LogP contribution is 2.23. The number of aliphatic hydroxyl groups is 2. The molecular formula is C16H28O7. The number of unbranched alkanes of at least 4 members (excludes halogenated alkanes) is 2. The van der Waals surface area contributed by atoms with Gasteiger partial charge in [0, 0.05) is 19.3 Å². The van der Waals surface area contributed by atoms with Gasteiger partial charge in [-0.3, -0.25) is 9.59 Å². The Morgan fingerprint density at radius 2 is 1.70 bits per heavy atom. The lowest BCUT2D eigenvalue weighted by molar-refractivity contribution is -0.247. The third-order valence-electron chi connectivity index (χ3n) is 3.69. The smallest absolute Gasteiger partial charge is 0.306 e. The van der Waals surface area contributed by atoms with Crippen molar-refractivity contribution in [3.63, 3.8) is 0 Å². The Bertz CT molecular complexity index is 371. The van der Waals surface area contributed by atoms with Gasteiger partial charge in [-0.05, 0) is 12.8 Å². The Labute approximate surface area is 136 Å². The molecule has 0 spiro atoms. The highest BCUT2D eigenvalue weighted by Gasteiger charge is 2.40. The summed E-state index contributed by atoms with van der Waals surface area (Å²) >= 11 is 0. The van der Waals surface area contributed by atoms with Crippen molar-refractivity contribution in [2.75, 3.05) is 6.61 Å². The molecule has 0 saturated carbocycles. The van der Waals surface area contributed by atoms with Crippen LogP contribution in [0.1, 0.15) is 58.8 Å². The van der Waals surface area contributed by atoms with Gasteiger partial charge in [-0.25, -0.2) is 0 Å². The Kier molecular flexibility index (Phi) is 9.13. The first-order chi connectivity index (χ1) is 11.0. The maximum atomic E-state index is 11.7. The summed E-state index contributed by atoms with van der Waals surface area (Å²) in [6.07, 6.45) is -0.312. The molecule has 0 radical (unpaired) electrons. The van der Waals surface area contributed by atoms with Gasteiger partial charge in [0.2, 0.25) is 0 Å². The first-order valence-corrected chi connectivity index (χ1v) is 8.34. The Morgan fingerprint density at radius 1 is 1.09 bits per heavy atom. The van der Waals surface area contributed by atoms with Gasteiger partial charge in [-0.2, -0.15) is 0 Å². The van der Waals surface area contributed by atoms with E-state index in [0.29, 0.717) is 12.8 Å². The van der Waals surface area contributed by atoms with Crippen LogP contribution in [-0.4, -0.2) is 53.4 Å². The van der Waals surface area contributed by atoms with Crippen LogP contribution in [0, 0.1) is 0 Å². The molecule has 7 nitrogen and oxygen atoms in total. The van der Waals surface area contributed by atoms with Gasteiger partial charge in [0.25, 0.3) is 0 Å². The minimum atomic E-state index is -1.17. The molecule has 1 heterocycles. The van der Waals surface area contributed by atoms with E-state index in [9.17, 15) is 19.8 Å². The molecule has 0 aromatic heterocycles. The normalized spacial score (nSPS) is 27.5. The zero-order valence-electron chi connectivity index (χ0n) is 13.9. The van der Waals surface area contributed by atoms with E-state index >= 15 is 0 Å². The second-order valence-electron chi connectivity index (χ2n) is 5.77. The molecule has 4 unspecified atom stereocenters. The van der Waals surface area contributed by atoms with Crippen LogP contribution in [0.5, 0.6) is 0 Å². The maximum Gasteiger partial charge on any atom is 0.306 e. The quantitative estimate of drug-likeness (QED) is 0.613. The summed E-state index contributed by atoms with van der Waals surface area (Å²) in [5.74, 6) is -0.789. The van der Waals surface area contributed by atoms with Crippen molar-refractivity contribution in [1.29, 1.82) is 0 Å². The second-order valence-corrected chi connectivity index (χ2v) is 5.77. The van der Waals surface area contributed by atoms with Gasteiger partial charge in [-0.15, -0.1) is 0 Å². The summed E-state index contributed by atoms with van der Waals surface area (Å²) < 4.78 is 15.4. The van der Waals surface area contributed by atoms with E-state index in [1.54, 1.807) is 0 Å². The minimum absolute atomic E-state index is 0.000682. The molecule has 2 N–H and O–H groups in total. The summed E-state index contributed by atoms with van der Waals surface area (Å²) in [6, 6.07) is 0. The molecule has 1 aliphatic rings. The second kappa shape index (κ2) is 10.6. The first-order valence-electron chi connectivity index (χ1n) is 8.34. The van der Waals surface area contributed by atoms with Gasteiger partial charge in [-0.1, -0.05) is 26.7 Å². The average Bonchev–Trinajstić information content (AvgIpc) is 2.52. The Balaban J connectivity index is 2.47. The van der Waals surface area contributed by atoms with Crippen molar-refractivity contribution < 1.29 is 34.0 Å². The fourth-order valence-corrected chi connectivity index (χ4v) is 2.29. The lowest BCUT2D eigenvalue weighted by Crippen LogP contribution is -2.52. The summed E-state index contributed by atoms with van der Waals surface area (Å²) in [5.41, 5.74) is 0. The molecule has 134 valence electrons. The van der Waals surface area contributed by atoms with Gasteiger partial charge in [0.15, 0.2) is 6.29 Å². The number of carbonyl (C=O) groups is 2. The molecule has 1 fully saturated rings. The first kappa shape index (κ1) is 19.9. The molecule has 0 amide bonds. The largest absolute Gasteiger partial charge is 0.463 e. The van der Waals surface area contributed by atoms with Gasteiger partial charge < -0.3 is 24.4 Å². The highest BCUT2D eigenvalue weighted by molar-refractivity contribution is 5.69. The van der Waals surface area contributed by atoms with Crippen molar-refractivity contribution >= 4 is 11.9 Å². The fraction of sp³-hybridized carbons (Fsp3) is 0.875. The third-order valence-corrected chi connectivity index (χ3v) is 3.69. The monoisotopic (exact) mass is 332 g/mol. The van der Waals surface area contributed by atoms with E-state index in [2.05, 4.69) is 0 Å². The van der Waals surface area contributed by atoms with Crippen molar-refractivity contribution in [3.8, 4) is 0 Å². The predicted octanol–water partition coefficient (Wildman–Crippen LogP) is 1.29. The lowest BCUT2D eigenvalue weighted by atomic mass is 10.0. The van der Waals surface area contributed by atoms with E-state index in [0.717, 1.165) is 19.3 Å². The van der Waals surface area contributed by atoms with Crippen LogP contribution in [0.15, 0.2) is 0 Å². The highest BCUT2D eigenvalue weighted by atomic mass is 16.6. The van der Waals surface area contributed by atoms with E-state index < -0.39 is 30.6 Å². The average molecular weight is 332 g/mol. The SMILES string of the molecule is CCCCC(=O)OCC1OC(O)CC(OC(=O)CCCC)C1O. The molecular weight excluding hydrogens is 304 g/mol. The molecule has 23 heavy (non-hydrogen) atoms. The number of hydrogen-bond donors (Lipinski definition) is 2. The van der Waals surface area contributed by atoms with Gasteiger partial charge in [0.1, 0.15) is 24.9 Å². The van der Waals surface area contributed by atoms with Crippen LogP contribution in [0.25, 0.3) is 0 Å². The number of rotatable bonds is 9. The van der Waals surface area contributed by atoms with Gasteiger partial charge in [0.05, 0.1) is 0 Å². The molecule has 0 aliphatic carbocycles. The summed E-state index contributed by atoms with van der Waals surface area (Å²) in [5, 5.41) is 19.9. The van der Waals surface area contributed by atoms with Gasteiger partial charge >= 0.3 is 11.9 Å². The Morgan fingerprint density at radius 3 is 2.30 bits per heavy atom. The number of carbonyl (C=O) groups excluding carboxylic acids is 2. The van der Waals surface area contributed by atoms with E-state index in [-0.39, 0.29) is 25.4 Å². The zero-order valence-corrected chi connectivity index (χ0v) is 13.9.